The lowest BCUT2D eigenvalue weighted by atomic mass is 10.1. The molecule has 0 aliphatic rings. The van der Waals surface area contributed by atoms with E-state index >= 15 is 0 Å². The van der Waals surface area contributed by atoms with Crippen LogP contribution >= 0.6 is 22.7 Å². The Morgan fingerprint density at radius 2 is 2.00 bits per heavy atom. The van der Waals surface area contributed by atoms with Crippen LogP contribution in [-0.4, -0.2) is 21.6 Å². The Hall–Kier alpha value is -1.93. The summed E-state index contributed by atoms with van der Waals surface area (Å²) in [5, 5.41) is 13.8. The van der Waals surface area contributed by atoms with Gasteiger partial charge in [-0.05, 0) is 26.3 Å². The number of thiophene rings is 1. The third-order valence-electron chi connectivity index (χ3n) is 3.13. The van der Waals surface area contributed by atoms with Crippen molar-refractivity contribution in [1.82, 2.24) is 4.57 Å². The molecule has 8 heteroatoms. The van der Waals surface area contributed by atoms with Gasteiger partial charge in [-0.2, -0.15) is 0 Å². The number of carboxylic acids is 1. The first-order chi connectivity index (χ1) is 9.81. The van der Waals surface area contributed by atoms with Crippen LogP contribution in [0, 0.1) is 20.8 Å². The van der Waals surface area contributed by atoms with Crippen molar-refractivity contribution < 1.29 is 14.7 Å². The van der Waals surface area contributed by atoms with E-state index in [9.17, 15) is 19.5 Å². The summed E-state index contributed by atoms with van der Waals surface area (Å²) in [4.78, 5) is 35.5. The van der Waals surface area contributed by atoms with Crippen LogP contribution in [0.15, 0.2) is 10.2 Å². The van der Waals surface area contributed by atoms with Crippen LogP contribution in [0.25, 0.3) is 0 Å². The van der Waals surface area contributed by atoms with Crippen LogP contribution in [0.5, 0.6) is 0 Å². The first-order valence-corrected chi connectivity index (χ1v) is 7.79. The Bertz CT molecular complexity index is 770. The number of aromatic nitrogens is 1. The van der Waals surface area contributed by atoms with Crippen molar-refractivity contribution in [1.29, 1.82) is 0 Å². The summed E-state index contributed by atoms with van der Waals surface area (Å²) in [5.74, 6) is -1.49. The highest BCUT2D eigenvalue weighted by Crippen LogP contribution is 2.32. The topological polar surface area (TPSA) is 88.4 Å². The van der Waals surface area contributed by atoms with Crippen molar-refractivity contribution in [2.45, 2.75) is 27.3 Å². The van der Waals surface area contributed by atoms with E-state index in [-0.39, 0.29) is 17.0 Å². The van der Waals surface area contributed by atoms with E-state index in [1.165, 1.54) is 15.9 Å². The fourth-order valence-corrected chi connectivity index (χ4v) is 3.68. The molecule has 6 nitrogen and oxygen atoms in total. The van der Waals surface area contributed by atoms with E-state index in [2.05, 4.69) is 5.32 Å². The molecule has 1 amide bonds. The number of carbonyl (C=O) groups is 2. The number of nitrogens with zero attached hydrogens (tertiary/aromatic N) is 1. The molecule has 0 spiro atoms. The van der Waals surface area contributed by atoms with Crippen molar-refractivity contribution in [2.24, 2.45) is 0 Å². The van der Waals surface area contributed by atoms with E-state index in [4.69, 9.17) is 0 Å². The number of aromatic carboxylic acids is 1. The number of carboxylic acid groups (broad SMARTS) is 1. The molecule has 0 aliphatic carbocycles. The highest BCUT2D eigenvalue weighted by molar-refractivity contribution is 7.16. The summed E-state index contributed by atoms with van der Waals surface area (Å²) < 4.78 is 1.35. The van der Waals surface area contributed by atoms with E-state index in [1.807, 2.05) is 0 Å². The van der Waals surface area contributed by atoms with Gasteiger partial charge in [-0.25, -0.2) is 4.79 Å². The number of rotatable bonds is 4. The maximum atomic E-state index is 12.0. The second-order valence-electron chi connectivity index (χ2n) is 4.57. The van der Waals surface area contributed by atoms with Crippen LogP contribution < -0.4 is 10.2 Å². The second kappa shape index (κ2) is 5.82. The van der Waals surface area contributed by atoms with Crippen LogP contribution in [-0.2, 0) is 11.3 Å². The summed E-state index contributed by atoms with van der Waals surface area (Å²) in [6.45, 7) is 5.13. The number of aryl methyl sites for hydroxylation is 2. The molecule has 0 aliphatic heterocycles. The number of hydrogen-bond donors (Lipinski definition) is 2. The van der Waals surface area contributed by atoms with Gasteiger partial charge in [-0.1, -0.05) is 11.3 Å². The molecule has 2 rings (SSSR count). The van der Waals surface area contributed by atoms with Crippen molar-refractivity contribution in [3.63, 3.8) is 0 Å². The Labute approximate surface area is 128 Å². The molecule has 2 N–H and O–H groups in total. The van der Waals surface area contributed by atoms with Crippen LogP contribution in [0.2, 0.25) is 0 Å². The molecule has 0 radical (unpaired) electrons. The second-order valence-corrected chi connectivity index (χ2v) is 6.62. The Balaban J connectivity index is 2.23. The van der Waals surface area contributed by atoms with E-state index < -0.39 is 11.9 Å². The predicted octanol–water partition coefficient (Wildman–Crippen LogP) is 2.23. The van der Waals surface area contributed by atoms with Crippen LogP contribution in [0.1, 0.15) is 26.5 Å². The molecule has 2 aromatic rings. The molecule has 0 saturated heterocycles. The van der Waals surface area contributed by atoms with Crippen molar-refractivity contribution >= 4 is 39.6 Å². The summed E-state index contributed by atoms with van der Waals surface area (Å²) in [6.07, 6.45) is 0. The molecule has 2 aromatic heterocycles. The normalized spacial score (nSPS) is 10.6. The molecule has 0 unspecified atom stereocenters. The van der Waals surface area contributed by atoms with Gasteiger partial charge in [0.05, 0.1) is 5.56 Å². The van der Waals surface area contributed by atoms with E-state index in [0.29, 0.717) is 16.3 Å². The average molecular weight is 326 g/mol. The minimum atomic E-state index is -1.07. The smallest absolute Gasteiger partial charge is 0.338 e. The number of amides is 1. The summed E-state index contributed by atoms with van der Waals surface area (Å²) >= 11 is 2.25. The lowest BCUT2D eigenvalue weighted by Gasteiger charge is -2.06. The first kappa shape index (κ1) is 15.5. The van der Waals surface area contributed by atoms with Gasteiger partial charge in [0.25, 0.3) is 0 Å². The van der Waals surface area contributed by atoms with Gasteiger partial charge in [0.1, 0.15) is 11.5 Å². The molecule has 2 heterocycles. The maximum absolute atomic E-state index is 12.0. The van der Waals surface area contributed by atoms with E-state index in [0.717, 1.165) is 16.2 Å². The van der Waals surface area contributed by atoms with Gasteiger partial charge >= 0.3 is 10.8 Å². The van der Waals surface area contributed by atoms with Crippen molar-refractivity contribution in [2.75, 3.05) is 5.32 Å². The lowest BCUT2D eigenvalue weighted by Crippen LogP contribution is -2.25. The largest absolute Gasteiger partial charge is 0.478 e. The van der Waals surface area contributed by atoms with Crippen molar-refractivity contribution in [3.8, 4) is 0 Å². The van der Waals surface area contributed by atoms with Gasteiger partial charge in [0.15, 0.2) is 0 Å². The number of hydrogen-bond acceptors (Lipinski definition) is 5. The highest BCUT2D eigenvalue weighted by Gasteiger charge is 2.20. The third kappa shape index (κ3) is 3.06. The Kier molecular flexibility index (Phi) is 4.29. The van der Waals surface area contributed by atoms with Crippen molar-refractivity contribution in [3.05, 3.63) is 36.7 Å². The van der Waals surface area contributed by atoms with Gasteiger partial charge in [0, 0.05) is 16.0 Å². The van der Waals surface area contributed by atoms with Gasteiger partial charge in [-0.3, -0.25) is 14.2 Å². The third-order valence-corrected chi connectivity index (χ3v) is 5.13. The maximum Gasteiger partial charge on any atom is 0.338 e. The molecular formula is C13H14N2O4S2. The molecule has 0 atom stereocenters. The molecular weight excluding hydrogens is 312 g/mol. The fraction of sp³-hybridized carbons (Fsp3) is 0.308. The molecule has 0 bridgehead atoms. The minimum absolute atomic E-state index is 0.111. The molecule has 0 saturated carbocycles. The van der Waals surface area contributed by atoms with Gasteiger partial charge in [0.2, 0.25) is 5.91 Å². The Morgan fingerprint density at radius 1 is 1.33 bits per heavy atom. The zero-order chi connectivity index (χ0) is 15.7. The highest BCUT2D eigenvalue weighted by atomic mass is 32.1. The summed E-state index contributed by atoms with van der Waals surface area (Å²) in [7, 11) is 0. The molecule has 112 valence electrons. The SMILES string of the molecule is Cc1sc(NC(=O)Cn2c(C)csc2=O)c(C(=O)O)c1C. The molecule has 0 aromatic carbocycles. The fourth-order valence-electron chi connectivity index (χ4n) is 1.88. The van der Waals surface area contributed by atoms with Gasteiger partial charge in [-0.15, -0.1) is 11.3 Å². The standard InChI is InChI=1S/C13H14N2O4S2/c1-6-5-20-13(19)15(6)4-9(16)14-11-10(12(17)18)7(2)8(3)21-11/h5H,4H2,1-3H3,(H,14,16)(H,17,18). The predicted molar refractivity (Wildman–Crippen MR) is 82.7 cm³/mol. The van der Waals surface area contributed by atoms with E-state index in [1.54, 1.807) is 26.2 Å². The van der Waals surface area contributed by atoms with Crippen LogP contribution in [0.4, 0.5) is 5.00 Å². The first-order valence-electron chi connectivity index (χ1n) is 6.09. The number of nitrogens with one attached hydrogen (secondary N) is 1. The van der Waals surface area contributed by atoms with Gasteiger partial charge < -0.3 is 10.4 Å². The zero-order valence-corrected chi connectivity index (χ0v) is 13.4. The molecule has 0 fully saturated rings. The lowest BCUT2D eigenvalue weighted by molar-refractivity contribution is -0.116. The summed E-state index contributed by atoms with van der Waals surface area (Å²) in [6, 6.07) is 0. The average Bonchev–Trinajstić information content (AvgIpc) is 2.83. The monoisotopic (exact) mass is 326 g/mol. The summed E-state index contributed by atoms with van der Waals surface area (Å²) in [5.41, 5.74) is 1.46. The number of thiazole rings is 1. The number of anilines is 1. The quantitative estimate of drug-likeness (QED) is 0.902. The molecule has 21 heavy (non-hydrogen) atoms. The van der Waals surface area contributed by atoms with Crippen LogP contribution in [0.3, 0.4) is 0 Å². The zero-order valence-electron chi connectivity index (χ0n) is 11.7. The number of carbonyl (C=O) groups excluding carboxylic acids is 1. The Morgan fingerprint density at radius 3 is 2.52 bits per heavy atom. The minimum Gasteiger partial charge on any atom is -0.478 e.